The summed E-state index contributed by atoms with van der Waals surface area (Å²) < 4.78 is 34.3. The molecule has 3 aliphatic rings. The van der Waals surface area contributed by atoms with Crippen LogP contribution in [0.1, 0.15) is 62.8 Å². The molecule has 10 nitrogen and oxygen atoms in total. The monoisotopic (exact) mass is 604 g/mol. The molecule has 2 amide bonds. The number of hydrogen-bond acceptors (Lipinski definition) is 7. The van der Waals surface area contributed by atoms with Gasteiger partial charge in [-0.15, -0.1) is 11.3 Å². The van der Waals surface area contributed by atoms with Gasteiger partial charge in [-0.1, -0.05) is 31.7 Å². The van der Waals surface area contributed by atoms with Gasteiger partial charge < -0.3 is 9.64 Å². The first-order valence-corrected chi connectivity index (χ1v) is 17.2. The number of piperazine rings is 1. The van der Waals surface area contributed by atoms with Gasteiger partial charge >= 0.3 is 6.03 Å². The van der Waals surface area contributed by atoms with Crippen molar-refractivity contribution in [1.29, 1.82) is 0 Å². The Labute approximate surface area is 248 Å². The number of piperidine rings is 1. The molecular formula is C29H44N6O4S2. The second kappa shape index (κ2) is 13.4. The normalized spacial score (nSPS) is 21.8. The Hall–Kier alpha value is -2.25. The van der Waals surface area contributed by atoms with Crippen LogP contribution in [0, 0.1) is 0 Å². The van der Waals surface area contributed by atoms with Crippen molar-refractivity contribution in [1.82, 2.24) is 23.4 Å². The number of anilines is 1. The van der Waals surface area contributed by atoms with Crippen molar-refractivity contribution < 1.29 is 17.9 Å². The SMILES string of the molecule is COc1ccc(C2CCCCC2)cc1-c1csc(NC(=O)N2CCN(CC3CCCCN3S(=O)(=O)N(C)C)CC2)n1. The molecule has 226 valence electrons. The fourth-order valence-corrected chi connectivity index (χ4v) is 8.37. The summed E-state index contributed by atoms with van der Waals surface area (Å²) in [7, 11) is 1.43. The van der Waals surface area contributed by atoms with E-state index in [0.717, 1.165) is 36.3 Å². The van der Waals surface area contributed by atoms with Crippen LogP contribution in [0.25, 0.3) is 11.3 Å². The van der Waals surface area contributed by atoms with E-state index in [-0.39, 0.29) is 12.1 Å². The van der Waals surface area contributed by atoms with Crippen LogP contribution < -0.4 is 10.1 Å². The van der Waals surface area contributed by atoms with Crippen molar-refractivity contribution in [2.45, 2.75) is 63.3 Å². The average Bonchev–Trinajstić information content (AvgIpc) is 3.46. The van der Waals surface area contributed by atoms with Crippen LogP contribution in [0.2, 0.25) is 0 Å². The molecule has 1 atom stereocenters. The van der Waals surface area contributed by atoms with E-state index in [0.29, 0.717) is 50.3 Å². The molecule has 1 aromatic carbocycles. The number of rotatable bonds is 8. The molecule has 1 N–H and O–H groups in total. The first kappa shape index (κ1) is 30.2. The van der Waals surface area contributed by atoms with Crippen molar-refractivity contribution >= 4 is 32.7 Å². The van der Waals surface area contributed by atoms with Crippen molar-refractivity contribution in [3.8, 4) is 17.0 Å². The van der Waals surface area contributed by atoms with E-state index in [9.17, 15) is 13.2 Å². The maximum atomic E-state index is 13.1. The van der Waals surface area contributed by atoms with Crippen LogP contribution in [0.4, 0.5) is 9.93 Å². The van der Waals surface area contributed by atoms with Gasteiger partial charge in [0.05, 0.1) is 12.8 Å². The number of thiazole rings is 1. The number of methoxy groups -OCH3 is 1. The minimum Gasteiger partial charge on any atom is -0.496 e. The highest BCUT2D eigenvalue weighted by Gasteiger charge is 2.35. The molecule has 1 saturated carbocycles. The van der Waals surface area contributed by atoms with E-state index in [1.807, 2.05) is 16.3 Å². The number of urea groups is 1. The summed E-state index contributed by atoms with van der Waals surface area (Å²) in [4.78, 5) is 21.9. The number of aromatic nitrogens is 1. The average molecular weight is 605 g/mol. The molecule has 0 radical (unpaired) electrons. The minimum absolute atomic E-state index is 0.0288. The Morgan fingerprint density at radius 2 is 1.78 bits per heavy atom. The van der Waals surface area contributed by atoms with Gasteiger partial charge in [0.25, 0.3) is 10.2 Å². The molecule has 0 bridgehead atoms. The molecule has 5 rings (SSSR count). The number of carbonyl (C=O) groups excluding carboxylic acids is 1. The highest BCUT2D eigenvalue weighted by atomic mass is 32.2. The number of amides is 2. The molecule has 1 aliphatic carbocycles. The van der Waals surface area contributed by atoms with Gasteiger partial charge in [0, 0.05) is 70.3 Å². The molecule has 12 heteroatoms. The summed E-state index contributed by atoms with van der Waals surface area (Å²) in [5.74, 6) is 1.38. The van der Waals surface area contributed by atoms with Crippen LogP contribution >= 0.6 is 11.3 Å². The lowest BCUT2D eigenvalue weighted by molar-refractivity contribution is 0.114. The van der Waals surface area contributed by atoms with Gasteiger partial charge in [0.15, 0.2) is 5.13 Å². The maximum absolute atomic E-state index is 13.1. The van der Waals surface area contributed by atoms with Crippen molar-refractivity contribution in [2.75, 3.05) is 65.8 Å². The van der Waals surface area contributed by atoms with E-state index in [4.69, 9.17) is 9.72 Å². The Morgan fingerprint density at radius 1 is 1.05 bits per heavy atom. The van der Waals surface area contributed by atoms with Gasteiger partial charge in [-0.2, -0.15) is 17.0 Å². The number of hydrogen-bond donors (Lipinski definition) is 1. The first-order chi connectivity index (χ1) is 19.8. The summed E-state index contributed by atoms with van der Waals surface area (Å²) in [6.07, 6.45) is 9.15. The second-order valence-electron chi connectivity index (χ2n) is 11.6. The fraction of sp³-hybridized carbons (Fsp3) is 0.655. The van der Waals surface area contributed by atoms with Gasteiger partial charge in [-0.05, 0) is 49.3 Å². The summed E-state index contributed by atoms with van der Waals surface area (Å²) in [6, 6.07) is 6.26. The molecule has 2 aliphatic heterocycles. The molecule has 3 heterocycles. The Bertz CT molecular complexity index is 1290. The first-order valence-electron chi connectivity index (χ1n) is 14.9. The molecule has 3 fully saturated rings. The third kappa shape index (κ3) is 7.05. The topological polar surface area (TPSA) is 98.3 Å². The molecule has 1 unspecified atom stereocenters. The summed E-state index contributed by atoms with van der Waals surface area (Å²) in [5, 5.41) is 5.55. The summed E-state index contributed by atoms with van der Waals surface area (Å²) in [5.41, 5.74) is 3.12. The third-order valence-corrected chi connectivity index (χ3v) is 11.5. The van der Waals surface area contributed by atoms with Crippen LogP contribution in [0.5, 0.6) is 5.75 Å². The molecule has 2 saturated heterocycles. The van der Waals surface area contributed by atoms with Crippen LogP contribution in [-0.2, 0) is 10.2 Å². The van der Waals surface area contributed by atoms with Gasteiger partial charge in [-0.25, -0.2) is 9.78 Å². The zero-order chi connectivity index (χ0) is 29.0. The van der Waals surface area contributed by atoms with Gasteiger partial charge in [-0.3, -0.25) is 10.2 Å². The predicted molar refractivity (Wildman–Crippen MR) is 164 cm³/mol. The second-order valence-corrected chi connectivity index (χ2v) is 14.6. The summed E-state index contributed by atoms with van der Waals surface area (Å²) in [6.45, 7) is 3.88. The highest BCUT2D eigenvalue weighted by molar-refractivity contribution is 7.86. The number of nitrogens with zero attached hydrogens (tertiary/aromatic N) is 5. The molecule has 41 heavy (non-hydrogen) atoms. The van der Waals surface area contributed by atoms with Gasteiger partial charge in [0.1, 0.15) is 5.75 Å². The maximum Gasteiger partial charge on any atom is 0.323 e. The van der Waals surface area contributed by atoms with Crippen LogP contribution in [-0.4, -0.2) is 104 Å². The number of carbonyl (C=O) groups is 1. The Kier molecular flexibility index (Phi) is 9.85. The molecule has 0 spiro atoms. The Morgan fingerprint density at radius 3 is 2.49 bits per heavy atom. The molecular weight excluding hydrogens is 560 g/mol. The molecule has 2 aromatic rings. The van der Waals surface area contributed by atoms with Crippen molar-refractivity contribution in [3.63, 3.8) is 0 Å². The largest absolute Gasteiger partial charge is 0.496 e. The quantitative estimate of drug-likeness (QED) is 0.470. The minimum atomic E-state index is -3.44. The lowest BCUT2D eigenvalue weighted by Crippen LogP contribution is -2.56. The smallest absolute Gasteiger partial charge is 0.323 e. The number of benzene rings is 1. The standard InChI is InChI=1S/C29H44N6O4S2/c1-32(2)41(37,38)35-14-8-7-11-24(35)20-33-15-17-34(18-16-33)29(36)31-28-30-26(21-40-28)25-19-23(12-13-27(25)39-3)22-9-5-4-6-10-22/h12-13,19,21-22,24H,4-11,14-18,20H2,1-3H3,(H,30,31,36). The predicted octanol–water partition coefficient (Wildman–Crippen LogP) is 4.68. The van der Waals surface area contributed by atoms with E-state index in [2.05, 4.69) is 22.3 Å². The highest BCUT2D eigenvalue weighted by Crippen LogP contribution is 2.38. The van der Waals surface area contributed by atoms with E-state index < -0.39 is 10.2 Å². The molecule has 1 aromatic heterocycles. The van der Waals surface area contributed by atoms with E-state index in [1.54, 1.807) is 25.5 Å². The van der Waals surface area contributed by atoms with E-state index >= 15 is 0 Å². The fourth-order valence-electron chi connectivity index (χ4n) is 6.34. The number of ether oxygens (including phenoxy) is 1. The third-order valence-electron chi connectivity index (χ3n) is 8.75. The van der Waals surface area contributed by atoms with Crippen LogP contribution in [0.15, 0.2) is 23.6 Å². The zero-order valence-corrected chi connectivity index (χ0v) is 26.2. The lowest BCUT2D eigenvalue weighted by atomic mass is 9.83. The summed E-state index contributed by atoms with van der Waals surface area (Å²) >= 11 is 1.42. The van der Waals surface area contributed by atoms with Gasteiger partial charge in [0.2, 0.25) is 0 Å². The Balaban J connectivity index is 1.17. The van der Waals surface area contributed by atoms with E-state index in [1.165, 1.54) is 53.3 Å². The van der Waals surface area contributed by atoms with Crippen molar-refractivity contribution in [3.05, 3.63) is 29.1 Å². The van der Waals surface area contributed by atoms with Crippen LogP contribution in [0.3, 0.4) is 0 Å². The zero-order valence-electron chi connectivity index (χ0n) is 24.5. The number of nitrogens with one attached hydrogen (secondary N) is 1. The lowest BCUT2D eigenvalue weighted by Gasteiger charge is -2.41. The van der Waals surface area contributed by atoms with Crippen molar-refractivity contribution in [2.24, 2.45) is 0 Å².